The molecule has 0 fully saturated rings. The number of hydrogen-bond donors (Lipinski definition) is 3. The third-order valence-corrected chi connectivity index (χ3v) is 8.08. The smallest absolute Gasteiger partial charge is 0.288 e. The SMILES string of the molecule is CCCCC[C@@H](C(=O)NCNC(=O)c1ccc(-c2ccc(C(=O)N[C@H](C)CC)c(C)c2)o1)[C@@H](CC)N(C=O)OCc1ccccc1. The summed E-state index contributed by atoms with van der Waals surface area (Å²) in [6.45, 7) is 9.93. The number of unbranched alkanes of at least 4 members (excludes halogenated alkanes) is 2. The number of carbonyl (C=O) groups excluding carboxylic acids is 4. The van der Waals surface area contributed by atoms with Crippen LogP contribution in [-0.2, 0) is 21.0 Å². The van der Waals surface area contributed by atoms with Crippen molar-refractivity contribution in [2.75, 3.05) is 6.67 Å². The van der Waals surface area contributed by atoms with Crippen LogP contribution in [0.15, 0.2) is 65.1 Å². The number of benzene rings is 2. The van der Waals surface area contributed by atoms with E-state index < -0.39 is 17.9 Å². The fraction of sp³-hybridized carbons (Fsp3) is 0.444. The Morgan fingerprint density at radius 2 is 1.70 bits per heavy atom. The Labute approximate surface area is 272 Å². The molecule has 0 aliphatic heterocycles. The second-order valence-electron chi connectivity index (χ2n) is 11.5. The van der Waals surface area contributed by atoms with Gasteiger partial charge in [0.2, 0.25) is 12.3 Å². The lowest BCUT2D eigenvalue weighted by atomic mass is 9.90. The van der Waals surface area contributed by atoms with E-state index in [4.69, 9.17) is 9.25 Å². The number of nitrogens with one attached hydrogen (secondary N) is 3. The van der Waals surface area contributed by atoms with Gasteiger partial charge in [-0.3, -0.25) is 24.0 Å². The summed E-state index contributed by atoms with van der Waals surface area (Å²) >= 11 is 0. The Morgan fingerprint density at radius 3 is 2.35 bits per heavy atom. The summed E-state index contributed by atoms with van der Waals surface area (Å²) in [7, 11) is 0. The summed E-state index contributed by atoms with van der Waals surface area (Å²) in [5, 5.41) is 9.72. The molecule has 0 radical (unpaired) electrons. The predicted molar refractivity (Wildman–Crippen MR) is 177 cm³/mol. The summed E-state index contributed by atoms with van der Waals surface area (Å²) in [6, 6.07) is 17.8. The number of rotatable bonds is 19. The van der Waals surface area contributed by atoms with Gasteiger partial charge in [0, 0.05) is 17.2 Å². The van der Waals surface area contributed by atoms with Crippen LogP contribution in [0.5, 0.6) is 0 Å². The van der Waals surface area contributed by atoms with Crippen molar-refractivity contribution in [3.05, 3.63) is 83.1 Å². The van der Waals surface area contributed by atoms with Crippen molar-refractivity contribution in [2.45, 2.75) is 91.8 Å². The number of hydrogen-bond acceptors (Lipinski definition) is 6. The highest BCUT2D eigenvalue weighted by molar-refractivity contribution is 5.96. The molecular weight excluding hydrogens is 584 g/mol. The van der Waals surface area contributed by atoms with Gasteiger partial charge in [-0.25, -0.2) is 5.06 Å². The highest BCUT2D eigenvalue weighted by Gasteiger charge is 2.32. The Morgan fingerprint density at radius 1 is 0.935 bits per heavy atom. The number of hydroxylamine groups is 2. The molecule has 248 valence electrons. The maximum Gasteiger partial charge on any atom is 0.288 e. The van der Waals surface area contributed by atoms with E-state index in [9.17, 15) is 19.2 Å². The van der Waals surface area contributed by atoms with Gasteiger partial charge in [-0.2, -0.15) is 0 Å². The molecular formula is C36H48N4O6. The zero-order valence-electron chi connectivity index (χ0n) is 27.6. The molecule has 0 saturated heterocycles. The lowest BCUT2D eigenvalue weighted by molar-refractivity contribution is -0.200. The van der Waals surface area contributed by atoms with E-state index in [2.05, 4.69) is 22.9 Å². The van der Waals surface area contributed by atoms with Crippen LogP contribution in [0.3, 0.4) is 0 Å². The zero-order valence-corrected chi connectivity index (χ0v) is 27.6. The van der Waals surface area contributed by atoms with Gasteiger partial charge in [0.15, 0.2) is 5.76 Å². The van der Waals surface area contributed by atoms with E-state index >= 15 is 0 Å². The van der Waals surface area contributed by atoms with Crippen LogP contribution in [-0.4, -0.2) is 47.9 Å². The minimum atomic E-state index is -0.525. The highest BCUT2D eigenvalue weighted by atomic mass is 16.7. The van der Waals surface area contributed by atoms with E-state index in [-0.39, 0.29) is 36.9 Å². The third kappa shape index (κ3) is 10.3. The molecule has 1 heterocycles. The molecule has 0 bridgehead atoms. The summed E-state index contributed by atoms with van der Waals surface area (Å²) in [6.07, 6.45) is 5.33. The van der Waals surface area contributed by atoms with Gasteiger partial charge in [0.05, 0.1) is 18.6 Å². The maximum absolute atomic E-state index is 13.4. The van der Waals surface area contributed by atoms with Gasteiger partial charge in [-0.15, -0.1) is 0 Å². The van der Waals surface area contributed by atoms with Crippen molar-refractivity contribution in [3.8, 4) is 11.3 Å². The van der Waals surface area contributed by atoms with E-state index in [0.717, 1.165) is 42.4 Å². The number of carbonyl (C=O) groups is 4. The van der Waals surface area contributed by atoms with Crippen molar-refractivity contribution in [3.63, 3.8) is 0 Å². The molecule has 3 N–H and O–H groups in total. The first kappa shape index (κ1) is 36.0. The van der Waals surface area contributed by atoms with Gasteiger partial charge in [-0.05, 0) is 68.5 Å². The van der Waals surface area contributed by atoms with Crippen LogP contribution in [0.4, 0.5) is 0 Å². The summed E-state index contributed by atoms with van der Waals surface area (Å²) in [5.41, 5.74) is 3.03. The standard InChI is InChI=1S/C36H48N4O6/c1-6-9-11-16-30(31(8-3)40(24-41)45-22-27-14-12-10-13-15-27)34(42)37-23-38-36(44)33-20-19-32(46-33)28-17-18-29(25(4)21-28)35(43)39-26(5)7-2/h10,12-15,17-21,24,26,30-31H,6-9,11,16,22-23H2,1-5H3,(H,37,42)(H,38,44)(H,39,43)/t26-,30-,31-/m1/s1. The van der Waals surface area contributed by atoms with Crippen molar-refractivity contribution < 1.29 is 28.4 Å². The van der Waals surface area contributed by atoms with Crippen LogP contribution in [0.25, 0.3) is 11.3 Å². The minimum Gasteiger partial charge on any atom is -0.451 e. The Hall–Kier alpha value is -4.44. The van der Waals surface area contributed by atoms with Crippen LogP contribution < -0.4 is 16.0 Å². The predicted octanol–water partition coefficient (Wildman–Crippen LogP) is 6.15. The molecule has 0 unspecified atom stereocenters. The van der Waals surface area contributed by atoms with E-state index in [1.54, 1.807) is 24.3 Å². The number of furan rings is 1. The zero-order chi connectivity index (χ0) is 33.5. The molecule has 0 spiro atoms. The van der Waals surface area contributed by atoms with Gasteiger partial charge in [0.1, 0.15) is 12.4 Å². The minimum absolute atomic E-state index is 0.0764. The Bertz CT molecular complexity index is 1420. The number of nitrogens with zero attached hydrogens (tertiary/aromatic N) is 1. The van der Waals surface area contributed by atoms with Crippen molar-refractivity contribution >= 4 is 24.1 Å². The molecule has 3 atom stereocenters. The van der Waals surface area contributed by atoms with Crippen LogP contribution >= 0.6 is 0 Å². The van der Waals surface area contributed by atoms with Crippen LogP contribution in [0, 0.1) is 12.8 Å². The molecule has 3 rings (SSSR count). The lowest BCUT2D eigenvalue weighted by Gasteiger charge is -2.32. The fourth-order valence-corrected chi connectivity index (χ4v) is 5.20. The lowest BCUT2D eigenvalue weighted by Crippen LogP contribution is -2.48. The first-order chi connectivity index (χ1) is 22.2. The summed E-state index contributed by atoms with van der Waals surface area (Å²) in [4.78, 5) is 56.7. The third-order valence-electron chi connectivity index (χ3n) is 8.08. The van der Waals surface area contributed by atoms with E-state index in [1.165, 1.54) is 5.06 Å². The Kier molecular flexibility index (Phi) is 14.5. The normalized spacial score (nSPS) is 12.9. The van der Waals surface area contributed by atoms with Crippen LogP contribution in [0.1, 0.15) is 98.3 Å². The van der Waals surface area contributed by atoms with Crippen LogP contribution in [0.2, 0.25) is 0 Å². The van der Waals surface area contributed by atoms with Gasteiger partial charge in [-0.1, -0.05) is 76.4 Å². The molecule has 10 nitrogen and oxygen atoms in total. The molecule has 0 aliphatic rings. The molecule has 4 amide bonds. The van der Waals surface area contributed by atoms with Crippen molar-refractivity contribution in [1.29, 1.82) is 0 Å². The summed E-state index contributed by atoms with van der Waals surface area (Å²) in [5.74, 6) is -0.834. The number of aryl methyl sites for hydroxylation is 1. The maximum atomic E-state index is 13.4. The van der Waals surface area contributed by atoms with E-state index in [0.29, 0.717) is 30.6 Å². The molecule has 0 aliphatic carbocycles. The quantitative estimate of drug-likeness (QED) is 0.0629. The van der Waals surface area contributed by atoms with Crippen molar-refractivity contribution in [2.24, 2.45) is 5.92 Å². The average Bonchev–Trinajstić information content (AvgIpc) is 3.56. The topological polar surface area (TPSA) is 130 Å². The summed E-state index contributed by atoms with van der Waals surface area (Å²) < 4.78 is 5.82. The van der Waals surface area contributed by atoms with E-state index in [1.807, 2.05) is 64.1 Å². The van der Waals surface area contributed by atoms with Gasteiger partial charge >= 0.3 is 0 Å². The number of amides is 4. The average molecular weight is 633 g/mol. The molecule has 46 heavy (non-hydrogen) atoms. The highest BCUT2D eigenvalue weighted by Crippen LogP contribution is 2.25. The first-order valence-corrected chi connectivity index (χ1v) is 16.2. The molecule has 1 aromatic heterocycles. The molecule has 2 aromatic carbocycles. The molecule has 3 aromatic rings. The fourth-order valence-electron chi connectivity index (χ4n) is 5.20. The molecule has 0 saturated carbocycles. The largest absolute Gasteiger partial charge is 0.451 e. The second-order valence-corrected chi connectivity index (χ2v) is 11.5. The van der Waals surface area contributed by atoms with Crippen molar-refractivity contribution in [1.82, 2.24) is 21.0 Å². The second kappa shape index (κ2) is 18.5. The van der Waals surface area contributed by atoms with Gasteiger partial charge < -0.3 is 20.4 Å². The van der Waals surface area contributed by atoms with Gasteiger partial charge in [0.25, 0.3) is 11.8 Å². The monoisotopic (exact) mass is 632 g/mol. The molecule has 10 heteroatoms. The Balaban J connectivity index is 1.61. The first-order valence-electron chi connectivity index (χ1n) is 16.2.